The van der Waals surface area contributed by atoms with E-state index in [1.54, 1.807) is 17.2 Å². The van der Waals surface area contributed by atoms with E-state index in [2.05, 4.69) is 16.0 Å². The number of carboxylic acid groups (broad SMARTS) is 2. The van der Waals surface area contributed by atoms with Gasteiger partial charge in [0.15, 0.2) is 5.52 Å². The Balaban J connectivity index is 1.35. The molecular weight excluding hydrogens is 1040 g/mol. The van der Waals surface area contributed by atoms with Crippen LogP contribution in [0.2, 0.25) is 0 Å². The minimum absolute atomic E-state index is 0.00750. The minimum Gasteiger partial charge on any atom is -0.480 e. The van der Waals surface area contributed by atoms with Crippen molar-refractivity contribution in [3.63, 3.8) is 0 Å². The van der Waals surface area contributed by atoms with Gasteiger partial charge in [0, 0.05) is 67.0 Å². The quantitative estimate of drug-likeness (QED) is 0.0321. The van der Waals surface area contributed by atoms with Crippen LogP contribution in [0.1, 0.15) is 57.3 Å². The number of carboxylic acids is 2. The zero-order valence-corrected chi connectivity index (χ0v) is 45.4. The molecule has 9 N–H and O–H groups in total. The molecule has 4 amide bonds. The van der Waals surface area contributed by atoms with Crippen LogP contribution in [0.3, 0.4) is 0 Å². The third-order valence-electron chi connectivity index (χ3n) is 10.9. The van der Waals surface area contributed by atoms with E-state index >= 15 is 4.39 Å². The number of carbonyl (C=O) groups excluding carboxylic acids is 5. The molecule has 3 aromatic rings. The van der Waals surface area contributed by atoms with Crippen molar-refractivity contribution in [3.05, 3.63) is 83.7 Å². The molecule has 5 atom stereocenters. The number of aromatic nitrogens is 1. The molecule has 1 heterocycles. The second-order valence-electron chi connectivity index (χ2n) is 18.1. The lowest BCUT2D eigenvalue weighted by molar-refractivity contribution is -0.141. The average Bonchev–Trinajstić information content (AvgIpc) is 3.76. The lowest BCUT2D eigenvalue weighted by Gasteiger charge is -2.41. The molecule has 0 radical (unpaired) electrons. The van der Waals surface area contributed by atoms with Crippen molar-refractivity contribution in [2.45, 2.75) is 70.0 Å². The number of rotatable bonds is 38. The van der Waals surface area contributed by atoms with Gasteiger partial charge in [0.1, 0.15) is 23.7 Å². The van der Waals surface area contributed by atoms with Crippen molar-refractivity contribution >= 4 is 73.9 Å². The van der Waals surface area contributed by atoms with Gasteiger partial charge in [-0.25, -0.2) is 13.6 Å². The third-order valence-corrected chi connectivity index (χ3v) is 13.9. The first-order valence-corrected chi connectivity index (χ1v) is 27.0. The largest absolute Gasteiger partial charge is 0.480 e. The lowest BCUT2D eigenvalue weighted by atomic mass is 9.83. The molecule has 1 aromatic heterocycles. The maximum atomic E-state index is 15.2. The van der Waals surface area contributed by atoms with Gasteiger partial charge in [-0.2, -0.15) is 0 Å². The molecule has 75 heavy (non-hydrogen) atoms. The Morgan fingerprint density at radius 1 is 0.813 bits per heavy atom. The van der Waals surface area contributed by atoms with Gasteiger partial charge in [0.05, 0.1) is 76.4 Å². The second kappa shape index (κ2) is 34.6. The zero-order chi connectivity index (χ0) is 55.3. The Kier molecular flexibility index (Phi) is 29.6. The van der Waals surface area contributed by atoms with Gasteiger partial charge in [0.25, 0.3) is 0 Å². The molecule has 0 aliphatic carbocycles. The molecule has 0 saturated carbocycles. The highest BCUT2D eigenvalue weighted by molar-refractivity contribution is 8.01. The van der Waals surface area contributed by atoms with E-state index in [0.717, 1.165) is 47.3 Å². The predicted molar refractivity (Wildman–Crippen MR) is 285 cm³/mol. The van der Waals surface area contributed by atoms with E-state index in [0.29, 0.717) is 30.8 Å². The van der Waals surface area contributed by atoms with E-state index in [-0.39, 0.29) is 114 Å². The average molecular weight is 1110 g/mol. The van der Waals surface area contributed by atoms with Crippen molar-refractivity contribution < 1.29 is 71.5 Å². The number of hydrogen-bond donors (Lipinski definition) is 7. The van der Waals surface area contributed by atoms with Gasteiger partial charge in [-0.3, -0.25) is 28.8 Å². The highest BCUT2D eigenvalue weighted by Gasteiger charge is 2.37. The zero-order valence-electron chi connectivity index (χ0n) is 42.6. The van der Waals surface area contributed by atoms with Crippen LogP contribution in [0.25, 0.3) is 11.1 Å². The molecule has 0 aliphatic heterocycles. The molecule has 0 aliphatic rings. The Labute approximate surface area is 447 Å². The molecule has 2 unspecified atom stereocenters. The number of carbonyl (C=O) groups is 7. The first-order valence-electron chi connectivity index (χ1n) is 24.2. The van der Waals surface area contributed by atoms with Crippen molar-refractivity contribution in [3.8, 4) is 11.1 Å². The van der Waals surface area contributed by atoms with Crippen LogP contribution in [-0.2, 0) is 59.1 Å². The fraction of sp³-hybridized carbons (Fsp3) is 0.540. The minimum atomic E-state index is -1.29. The number of ether oxygens (including phenoxy) is 4. The molecule has 0 saturated heterocycles. The molecule has 25 heteroatoms. The van der Waals surface area contributed by atoms with Crippen LogP contribution in [0, 0.1) is 17.0 Å². The summed E-state index contributed by atoms with van der Waals surface area (Å²) in [6.07, 6.45) is 1.87. The standard InChI is InChI=1S/C50H72F2N7O13PS2/c1-50(2,3)46(40-24-34(36-25-35(51)10-11-37(36)52)29-58(40)28-33-8-5-4-6-9-33)59(15-7-13-53)45(63)32-74-31-39(48(66)67)57-42(60)12-16-69-18-20-71-22-23-72-21-19-70-17-14-55-44(62)27-56-43(61)26-41(49(68)73)75-30-38(54)47(64)65/h4-6,8-11,24-25,29,38-39,41,46H,7,12-23,26-28,30-32,53-54,73H2,1-3H3,(H,55,62)(H,56,61)(H,57,60)(H,64,65)(H,66,67)/t38-,39-,41?,46-/m0/s1. The second-order valence-corrected chi connectivity index (χ2v) is 20.9. The van der Waals surface area contributed by atoms with Crippen molar-refractivity contribution in [1.29, 1.82) is 0 Å². The van der Waals surface area contributed by atoms with E-state index in [4.69, 9.17) is 35.5 Å². The monoisotopic (exact) mass is 1110 g/mol. The van der Waals surface area contributed by atoms with Gasteiger partial charge < -0.3 is 66.0 Å². The summed E-state index contributed by atoms with van der Waals surface area (Å²) in [6.45, 7) is 8.37. The Hall–Kier alpha value is -5.04. The van der Waals surface area contributed by atoms with Crippen LogP contribution >= 0.6 is 32.8 Å². The molecule has 20 nitrogen and oxygen atoms in total. The molecule has 3 rings (SSSR count). The first kappa shape index (κ1) is 64.2. The van der Waals surface area contributed by atoms with Gasteiger partial charge in [0.2, 0.25) is 23.6 Å². The molecule has 0 bridgehead atoms. The van der Waals surface area contributed by atoms with Crippen LogP contribution in [0.4, 0.5) is 8.78 Å². The van der Waals surface area contributed by atoms with E-state index in [1.807, 2.05) is 64.9 Å². The van der Waals surface area contributed by atoms with Crippen molar-refractivity contribution in [2.75, 3.05) is 96.3 Å². The summed E-state index contributed by atoms with van der Waals surface area (Å²) in [5.74, 6) is -5.80. The summed E-state index contributed by atoms with van der Waals surface area (Å²) in [6, 6.07) is 11.6. The normalized spacial score (nSPS) is 13.1. The highest BCUT2D eigenvalue weighted by atomic mass is 32.2. The van der Waals surface area contributed by atoms with E-state index in [9.17, 15) is 43.1 Å². The smallest absolute Gasteiger partial charge is 0.327 e. The predicted octanol–water partition coefficient (Wildman–Crippen LogP) is 3.04. The van der Waals surface area contributed by atoms with Gasteiger partial charge in [-0.1, -0.05) is 60.3 Å². The van der Waals surface area contributed by atoms with Gasteiger partial charge in [-0.05, 0) is 48.2 Å². The summed E-state index contributed by atoms with van der Waals surface area (Å²) in [5.41, 5.74) is 12.6. The first-order chi connectivity index (χ1) is 35.7. The summed E-state index contributed by atoms with van der Waals surface area (Å²) >= 11 is 2.02. The van der Waals surface area contributed by atoms with Crippen molar-refractivity contribution in [1.82, 2.24) is 25.4 Å². The van der Waals surface area contributed by atoms with Crippen LogP contribution in [0.5, 0.6) is 0 Å². The van der Waals surface area contributed by atoms with Crippen LogP contribution in [-0.4, -0.2) is 174 Å². The number of aliphatic carboxylic acids is 2. The number of nitrogens with one attached hydrogen (secondary N) is 3. The highest BCUT2D eigenvalue weighted by Crippen LogP contribution is 2.41. The summed E-state index contributed by atoms with van der Waals surface area (Å²) in [5, 5.41) is 25.5. The SMILES string of the molecule is CC(C)(C)[C@H](c1cc(-c2cc(F)ccc2F)cn1Cc1ccccc1)N(CCCN)C(=O)CSC[C@H](NC(=O)CCOCCOCCOCCOCCNC(=O)CNC(=O)CC(SC[C@H](N)C(=O)O)C(=O)P)C(=O)O. The Bertz CT molecular complexity index is 2300. The molecule has 0 fully saturated rings. The number of nitrogens with zero attached hydrogens (tertiary/aromatic N) is 2. The number of thioether (sulfide) groups is 2. The van der Waals surface area contributed by atoms with Crippen molar-refractivity contribution in [2.24, 2.45) is 16.9 Å². The number of amides is 4. The molecular formula is C50H72F2N7O13PS2. The molecule has 416 valence electrons. The summed E-state index contributed by atoms with van der Waals surface area (Å²) in [7, 11) is 1.95. The van der Waals surface area contributed by atoms with Gasteiger partial charge >= 0.3 is 11.9 Å². The maximum Gasteiger partial charge on any atom is 0.327 e. The number of hydrogen-bond acceptors (Lipinski definition) is 15. The van der Waals surface area contributed by atoms with E-state index < -0.39 is 75.6 Å². The summed E-state index contributed by atoms with van der Waals surface area (Å²) in [4.78, 5) is 87.8. The van der Waals surface area contributed by atoms with Crippen LogP contribution in [0.15, 0.2) is 60.8 Å². The topological polar surface area (TPSA) is 293 Å². The molecule has 0 spiro atoms. The summed E-state index contributed by atoms with van der Waals surface area (Å²) < 4.78 is 53.3. The van der Waals surface area contributed by atoms with Crippen LogP contribution < -0.4 is 27.4 Å². The number of nitrogens with two attached hydrogens (primary N) is 2. The molecule has 2 aromatic carbocycles. The fourth-order valence-electron chi connectivity index (χ4n) is 7.26. The Morgan fingerprint density at radius 3 is 2.05 bits per heavy atom. The van der Waals surface area contributed by atoms with Gasteiger partial charge in [-0.15, -0.1) is 23.5 Å². The fourth-order valence-corrected chi connectivity index (χ4v) is 9.61. The maximum absolute atomic E-state index is 15.2. The Morgan fingerprint density at radius 2 is 1.45 bits per heavy atom. The third kappa shape index (κ3) is 24.7. The number of benzene rings is 2. The number of halogens is 2. The van der Waals surface area contributed by atoms with E-state index in [1.165, 1.54) is 0 Å². The lowest BCUT2D eigenvalue weighted by Crippen LogP contribution is -2.45.